The molecule has 1 atom stereocenters. The summed E-state index contributed by atoms with van der Waals surface area (Å²) in [5.41, 5.74) is 16.2. The number of fused-ring (bicyclic) bond motifs is 1. The number of nitrogens with zero attached hydrogens (tertiary/aromatic N) is 3. The van der Waals surface area contributed by atoms with Crippen molar-refractivity contribution in [3.8, 4) is 0 Å². The molecule has 1 aromatic carbocycles. The fourth-order valence-corrected chi connectivity index (χ4v) is 3.38. The smallest absolute Gasteiger partial charge is 0.246 e. The minimum Gasteiger partial charge on any atom is -0.368 e. The molecule has 1 aliphatic heterocycles. The van der Waals surface area contributed by atoms with E-state index in [1.807, 2.05) is 0 Å². The van der Waals surface area contributed by atoms with Gasteiger partial charge in [-0.15, -0.1) is 0 Å². The molecule has 2 aromatic rings. The number of aliphatic imine (C=N–C) groups is 1. The molecule has 8 nitrogen and oxygen atoms in total. The van der Waals surface area contributed by atoms with Gasteiger partial charge < -0.3 is 11.5 Å². The Labute approximate surface area is 156 Å². The molecule has 0 fully saturated rings. The van der Waals surface area contributed by atoms with Gasteiger partial charge in [-0.05, 0) is 24.6 Å². The maximum absolute atomic E-state index is 13.4. The van der Waals surface area contributed by atoms with Crippen molar-refractivity contribution in [1.82, 2.24) is 15.4 Å². The average molecular weight is 423 g/mol. The lowest BCUT2D eigenvalue weighted by atomic mass is 9.95. The summed E-state index contributed by atoms with van der Waals surface area (Å²) in [7, 11) is 0. The fourth-order valence-electron chi connectivity index (χ4n) is 2.76. The molecule has 0 saturated heterocycles. The van der Waals surface area contributed by atoms with Crippen molar-refractivity contribution in [3.05, 3.63) is 51.0 Å². The molecule has 1 aromatic heterocycles. The summed E-state index contributed by atoms with van der Waals surface area (Å²) in [6, 6.07) is 4.03. The van der Waals surface area contributed by atoms with Crippen LogP contribution in [0.2, 0.25) is 0 Å². The Morgan fingerprint density at radius 3 is 2.92 bits per heavy atom. The minimum absolute atomic E-state index is 0.150. The Morgan fingerprint density at radius 1 is 1.46 bits per heavy atom. The molecule has 26 heavy (non-hydrogen) atoms. The van der Waals surface area contributed by atoms with Crippen LogP contribution in [0, 0.1) is 12.7 Å². The Hall–Kier alpha value is -2.59. The maximum Gasteiger partial charge on any atom is 0.246 e. The van der Waals surface area contributed by atoms with Crippen molar-refractivity contribution >= 4 is 33.6 Å². The molecule has 1 aliphatic rings. The van der Waals surface area contributed by atoms with Gasteiger partial charge in [-0.1, -0.05) is 22.0 Å². The van der Waals surface area contributed by atoms with Crippen molar-refractivity contribution in [2.45, 2.75) is 19.4 Å². The number of nitrogens with two attached hydrogens (primary N) is 2. The van der Waals surface area contributed by atoms with Gasteiger partial charge in [0, 0.05) is 10.9 Å². The number of amidine groups is 1. The van der Waals surface area contributed by atoms with E-state index in [9.17, 15) is 9.18 Å². The number of aryl methyl sites for hydroxylation is 1. The number of hydrogen-bond acceptors (Lipinski definition) is 7. The molecule has 0 aliphatic carbocycles. The molecule has 5 N–H and O–H groups in total. The fraction of sp³-hybridized carbons (Fsp3) is 0.250. The number of aromatic nitrogens is 2. The SMILES string of the molecule is Cc1nc(N)nc2c1C(NOCC(N)=O)=N[C@@H](c1ccc(F)cc1Br)C2. The van der Waals surface area contributed by atoms with Crippen molar-refractivity contribution in [1.29, 1.82) is 0 Å². The molecule has 0 unspecified atom stereocenters. The van der Waals surface area contributed by atoms with Gasteiger partial charge in [0.05, 0.1) is 23.0 Å². The van der Waals surface area contributed by atoms with Crippen LogP contribution in [0.15, 0.2) is 27.7 Å². The lowest BCUT2D eigenvalue weighted by molar-refractivity contribution is -0.123. The van der Waals surface area contributed by atoms with Gasteiger partial charge in [0.15, 0.2) is 12.4 Å². The molecule has 2 heterocycles. The first-order valence-corrected chi connectivity index (χ1v) is 8.46. The number of amides is 1. The Bertz CT molecular complexity index is 905. The van der Waals surface area contributed by atoms with Gasteiger partial charge in [-0.25, -0.2) is 19.8 Å². The second kappa shape index (κ2) is 7.34. The lowest BCUT2D eigenvalue weighted by Gasteiger charge is -2.25. The third kappa shape index (κ3) is 3.81. The predicted molar refractivity (Wildman–Crippen MR) is 96.5 cm³/mol. The molecule has 0 radical (unpaired) electrons. The van der Waals surface area contributed by atoms with Crippen LogP contribution in [0.25, 0.3) is 0 Å². The highest BCUT2D eigenvalue weighted by atomic mass is 79.9. The lowest BCUT2D eigenvalue weighted by Crippen LogP contribution is -2.34. The Balaban J connectivity index is 2.01. The summed E-state index contributed by atoms with van der Waals surface area (Å²) in [5.74, 6) is -0.479. The van der Waals surface area contributed by atoms with Gasteiger partial charge >= 0.3 is 0 Å². The summed E-state index contributed by atoms with van der Waals surface area (Å²) in [5, 5.41) is 0. The highest BCUT2D eigenvalue weighted by molar-refractivity contribution is 9.10. The molecule has 1 amide bonds. The number of carbonyl (C=O) groups excluding carboxylic acids is 1. The number of nitrogen functional groups attached to an aromatic ring is 1. The molecular formula is C16H16BrFN6O2. The van der Waals surface area contributed by atoms with Gasteiger partial charge in [0.2, 0.25) is 11.9 Å². The van der Waals surface area contributed by atoms with Gasteiger partial charge in [0.25, 0.3) is 0 Å². The Morgan fingerprint density at radius 2 is 2.23 bits per heavy atom. The minimum atomic E-state index is -0.628. The molecule has 10 heteroatoms. The highest BCUT2D eigenvalue weighted by Gasteiger charge is 2.27. The molecule has 0 spiro atoms. The number of nitrogens with one attached hydrogen (secondary N) is 1. The Kier molecular flexibility index (Phi) is 5.14. The number of primary amides is 1. The highest BCUT2D eigenvalue weighted by Crippen LogP contribution is 2.34. The number of carbonyl (C=O) groups is 1. The summed E-state index contributed by atoms with van der Waals surface area (Å²) < 4.78 is 14.0. The van der Waals surface area contributed by atoms with Crippen LogP contribution in [-0.4, -0.2) is 28.3 Å². The van der Waals surface area contributed by atoms with E-state index in [-0.39, 0.29) is 24.4 Å². The van der Waals surface area contributed by atoms with Crippen LogP contribution in [0.3, 0.4) is 0 Å². The number of benzene rings is 1. The van der Waals surface area contributed by atoms with Gasteiger partial charge in [-0.2, -0.15) is 0 Å². The second-order valence-electron chi connectivity index (χ2n) is 5.71. The van der Waals surface area contributed by atoms with E-state index < -0.39 is 5.91 Å². The van der Waals surface area contributed by atoms with Crippen molar-refractivity contribution in [3.63, 3.8) is 0 Å². The summed E-state index contributed by atoms with van der Waals surface area (Å²) in [6.07, 6.45) is 0.453. The third-order valence-electron chi connectivity index (χ3n) is 3.80. The number of hydroxylamine groups is 1. The maximum atomic E-state index is 13.4. The van der Waals surface area contributed by atoms with Crippen molar-refractivity contribution in [2.75, 3.05) is 12.3 Å². The topological polar surface area (TPSA) is 129 Å². The molecular weight excluding hydrogens is 407 g/mol. The molecule has 136 valence electrons. The monoisotopic (exact) mass is 422 g/mol. The third-order valence-corrected chi connectivity index (χ3v) is 4.48. The van der Waals surface area contributed by atoms with E-state index in [1.54, 1.807) is 13.0 Å². The second-order valence-corrected chi connectivity index (χ2v) is 6.56. The first-order valence-electron chi connectivity index (χ1n) is 7.67. The van der Waals surface area contributed by atoms with E-state index in [2.05, 4.69) is 36.4 Å². The van der Waals surface area contributed by atoms with E-state index in [0.717, 1.165) is 5.56 Å². The molecule has 3 rings (SSSR count). The van der Waals surface area contributed by atoms with Crippen LogP contribution in [0.1, 0.15) is 28.6 Å². The van der Waals surface area contributed by atoms with Gasteiger partial charge in [-0.3, -0.25) is 14.6 Å². The van der Waals surface area contributed by atoms with Crippen LogP contribution >= 0.6 is 15.9 Å². The largest absolute Gasteiger partial charge is 0.368 e. The molecule has 0 saturated carbocycles. The van der Waals surface area contributed by atoms with Crippen molar-refractivity contribution in [2.24, 2.45) is 10.7 Å². The predicted octanol–water partition coefficient (Wildman–Crippen LogP) is 1.32. The van der Waals surface area contributed by atoms with E-state index in [0.29, 0.717) is 33.7 Å². The van der Waals surface area contributed by atoms with Crippen LogP contribution in [-0.2, 0) is 16.1 Å². The van der Waals surface area contributed by atoms with Crippen LogP contribution in [0.5, 0.6) is 0 Å². The number of rotatable bonds is 4. The standard InChI is InChI=1S/C16H16BrFN6O2/c1-7-14-12(23-16(20)21-7)5-11(9-3-2-8(18)4-10(9)17)22-15(14)24-26-6-13(19)25/h2-4,11H,5-6H2,1H3,(H2,19,25)(H,22,24)(H2,20,21,23)/t11-/m1/s1. The zero-order valence-electron chi connectivity index (χ0n) is 13.8. The van der Waals surface area contributed by atoms with Crippen LogP contribution < -0.4 is 16.9 Å². The van der Waals surface area contributed by atoms with Crippen molar-refractivity contribution < 1.29 is 14.0 Å². The normalized spacial score (nSPS) is 16.0. The molecule has 0 bridgehead atoms. The number of halogens is 2. The average Bonchev–Trinajstić information content (AvgIpc) is 2.53. The summed E-state index contributed by atoms with van der Waals surface area (Å²) >= 11 is 3.36. The first-order chi connectivity index (χ1) is 12.3. The summed E-state index contributed by atoms with van der Waals surface area (Å²) in [6.45, 7) is 1.45. The van der Waals surface area contributed by atoms with Crippen LogP contribution in [0.4, 0.5) is 10.3 Å². The number of hydrogen-bond donors (Lipinski definition) is 3. The first kappa shape index (κ1) is 18.2. The summed E-state index contributed by atoms with van der Waals surface area (Å²) in [4.78, 5) is 29.1. The zero-order chi connectivity index (χ0) is 18.8. The quantitative estimate of drug-likeness (QED) is 0.637. The van der Waals surface area contributed by atoms with E-state index >= 15 is 0 Å². The zero-order valence-corrected chi connectivity index (χ0v) is 15.4. The number of anilines is 1. The van der Waals surface area contributed by atoms with Gasteiger partial charge in [0.1, 0.15) is 5.82 Å². The van der Waals surface area contributed by atoms with E-state index in [4.69, 9.17) is 16.3 Å². The van der Waals surface area contributed by atoms with E-state index in [1.165, 1.54) is 12.1 Å².